The van der Waals surface area contributed by atoms with Crippen LogP contribution >= 0.6 is 23.2 Å². The highest BCUT2D eigenvalue weighted by molar-refractivity contribution is 6.34. The Morgan fingerprint density at radius 3 is 2.42 bits per heavy atom. The Kier molecular flexibility index (Phi) is 4.49. The van der Waals surface area contributed by atoms with E-state index in [1.807, 2.05) is 18.2 Å². The molecule has 2 heterocycles. The molecule has 7 heteroatoms. The number of carbonyl (C=O) groups excluding carboxylic acids is 1. The van der Waals surface area contributed by atoms with Crippen LogP contribution < -0.4 is 14.8 Å². The minimum atomic E-state index is -0.429. The predicted octanol–water partition coefficient (Wildman–Crippen LogP) is 5.28. The quantitative estimate of drug-likeness (QED) is 0.661. The van der Waals surface area contributed by atoms with Crippen LogP contribution in [0.25, 0.3) is 11.3 Å². The van der Waals surface area contributed by atoms with E-state index in [0.29, 0.717) is 51.8 Å². The summed E-state index contributed by atoms with van der Waals surface area (Å²) in [6, 6.07) is 13.8. The summed E-state index contributed by atoms with van der Waals surface area (Å²) in [5, 5.41) is 3.62. The van der Waals surface area contributed by atoms with Crippen LogP contribution in [0.2, 0.25) is 10.0 Å². The Morgan fingerprint density at radius 2 is 1.65 bits per heavy atom. The van der Waals surface area contributed by atoms with Crippen molar-refractivity contribution in [3.8, 4) is 22.8 Å². The summed E-state index contributed by atoms with van der Waals surface area (Å²) in [7, 11) is 0. The van der Waals surface area contributed by atoms with Gasteiger partial charge >= 0.3 is 0 Å². The van der Waals surface area contributed by atoms with Gasteiger partial charge in [-0.25, -0.2) is 0 Å². The molecule has 4 rings (SSSR count). The van der Waals surface area contributed by atoms with Gasteiger partial charge < -0.3 is 19.2 Å². The maximum atomic E-state index is 12.5. The minimum Gasteiger partial charge on any atom is -0.486 e. The third kappa shape index (κ3) is 3.23. The molecule has 0 atom stereocenters. The zero-order chi connectivity index (χ0) is 18.1. The van der Waals surface area contributed by atoms with Gasteiger partial charge in [0, 0.05) is 17.7 Å². The number of fused-ring (bicyclic) bond motifs is 1. The maximum Gasteiger partial charge on any atom is 0.291 e. The number of benzene rings is 2. The van der Waals surface area contributed by atoms with E-state index in [0.717, 1.165) is 0 Å². The number of furan rings is 1. The van der Waals surface area contributed by atoms with Gasteiger partial charge in [-0.2, -0.15) is 0 Å². The third-order valence-electron chi connectivity index (χ3n) is 3.85. The number of amides is 1. The van der Waals surface area contributed by atoms with Crippen LogP contribution in [0, 0.1) is 0 Å². The Balaban J connectivity index is 1.57. The number of anilines is 1. The van der Waals surface area contributed by atoms with Gasteiger partial charge in [-0.3, -0.25) is 4.79 Å². The molecule has 1 aliphatic heterocycles. The first kappa shape index (κ1) is 16.8. The Hall–Kier alpha value is -2.63. The summed E-state index contributed by atoms with van der Waals surface area (Å²) in [6.45, 7) is 0.910. The van der Waals surface area contributed by atoms with E-state index >= 15 is 0 Å². The largest absolute Gasteiger partial charge is 0.486 e. The fraction of sp³-hybridized carbons (Fsp3) is 0.105. The smallest absolute Gasteiger partial charge is 0.291 e. The van der Waals surface area contributed by atoms with Crippen LogP contribution in [0.15, 0.2) is 52.9 Å². The summed E-state index contributed by atoms with van der Waals surface area (Å²) in [5.74, 6) is 1.31. The molecule has 0 saturated carbocycles. The van der Waals surface area contributed by atoms with Gasteiger partial charge in [0.15, 0.2) is 17.3 Å². The summed E-state index contributed by atoms with van der Waals surface area (Å²) in [5.41, 5.74) is 1.13. The summed E-state index contributed by atoms with van der Waals surface area (Å²) in [6.07, 6.45) is 0. The molecule has 1 aliphatic rings. The lowest BCUT2D eigenvalue weighted by Crippen LogP contribution is -2.16. The Bertz CT molecular complexity index is 983. The Labute approximate surface area is 159 Å². The van der Waals surface area contributed by atoms with E-state index in [2.05, 4.69) is 5.32 Å². The number of ether oxygens (including phenoxy) is 2. The van der Waals surface area contributed by atoms with Crippen LogP contribution in [0.5, 0.6) is 11.5 Å². The molecule has 0 aliphatic carbocycles. The maximum absolute atomic E-state index is 12.5. The number of carbonyl (C=O) groups is 1. The van der Waals surface area contributed by atoms with Crippen molar-refractivity contribution in [2.24, 2.45) is 0 Å². The van der Waals surface area contributed by atoms with E-state index in [9.17, 15) is 4.79 Å². The van der Waals surface area contributed by atoms with Crippen LogP contribution in [0.1, 0.15) is 10.6 Å². The molecule has 3 aromatic rings. The lowest BCUT2D eigenvalue weighted by Gasteiger charge is -2.19. The number of rotatable bonds is 3. The number of nitrogens with one attached hydrogen (secondary N) is 1. The van der Waals surface area contributed by atoms with Gasteiger partial charge in [0.05, 0.1) is 15.7 Å². The summed E-state index contributed by atoms with van der Waals surface area (Å²) in [4.78, 5) is 12.5. The zero-order valence-corrected chi connectivity index (χ0v) is 14.9. The van der Waals surface area contributed by atoms with Gasteiger partial charge in [0.2, 0.25) is 0 Å². The Morgan fingerprint density at radius 1 is 0.923 bits per heavy atom. The number of hydrogen-bond acceptors (Lipinski definition) is 4. The molecule has 2 aromatic carbocycles. The average Bonchev–Trinajstić information content (AvgIpc) is 3.13. The van der Waals surface area contributed by atoms with Crippen molar-refractivity contribution in [3.63, 3.8) is 0 Å². The normalized spacial score (nSPS) is 12.7. The van der Waals surface area contributed by atoms with E-state index in [1.54, 1.807) is 30.3 Å². The van der Waals surface area contributed by atoms with Gasteiger partial charge in [-0.05, 0) is 24.3 Å². The highest BCUT2D eigenvalue weighted by atomic mass is 35.5. The van der Waals surface area contributed by atoms with Crippen molar-refractivity contribution in [3.05, 3.63) is 64.3 Å². The monoisotopic (exact) mass is 389 g/mol. The first-order valence-electron chi connectivity index (χ1n) is 7.87. The summed E-state index contributed by atoms with van der Waals surface area (Å²) >= 11 is 12.4. The zero-order valence-electron chi connectivity index (χ0n) is 13.4. The third-order valence-corrected chi connectivity index (χ3v) is 4.49. The fourth-order valence-electron chi connectivity index (χ4n) is 2.61. The molecular weight excluding hydrogens is 377 g/mol. The minimum absolute atomic E-state index is 0.144. The van der Waals surface area contributed by atoms with E-state index in [1.165, 1.54) is 0 Å². The first-order chi connectivity index (χ1) is 12.6. The van der Waals surface area contributed by atoms with Crippen LogP contribution in [-0.2, 0) is 0 Å². The van der Waals surface area contributed by atoms with Gasteiger partial charge in [0.1, 0.15) is 19.0 Å². The second-order valence-electron chi connectivity index (χ2n) is 5.57. The standard InChI is InChI=1S/C19H13Cl2NO4/c20-12-4-2-1-3-11(12)15-5-6-16(26-15)19(23)22-14-10-18-17(9-13(14)21)24-7-8-25-18/h1-6,9-10H,7-8H2,(H,22,23). The predicted molar refractivity (Wildman–Crippen MR) is 99.5 cm³/mol. The molecule has 1 aromatic heterocycles. The van der Waals surface area contributed by atoms with Crippen molar-refractivity contribution in [2.75, 3.05) is 18.5 Å². The lowest BCUT2D eigenvalue weighted by molar-refractivity contribution is 0.0997. The van der Waals surface area contributed by atoms with Crippen molar-refractivity contribution < 1.29 is 18.7 Å². The van der Waals surface area contributed by atoms with E-state index < -0.39 is 5.91 Å². The number of halogens is 2. The molecular formula is C19H13Cl2NO4. The molecule has 0 unspecified atom stereocenters. The molecule has 5 nitrogen and oxygen atoms in total. The molecule has 0 spiro atoms. The molecule has 1 amide bonds. The second kappa shape index (κ2) is 6.94. The van der Waals surface area contributed by atoms with Crippen molar-refractivity contribution in [1.82, 2.24) is 0 Å². The van der Waals surface area contributed by atoms with Gasteiger partial charge in [-0.1, -0.05) is 35.3 Å². The lowest BCUT2D eigenvalue weighted by atomic mass is 10.2. The first-order valence-corrected chi connectivity index (χ1v) is 8.62. The highest BCUT2D eigenvalue weighted by Crippen LogP contribution is 2.38. The van der Waals surface area contributed by atoms with Gasteiger partial charge in [0.25, 0.3) is 5.91 Å². The van der Waals surface area contributed by atoms with Crippen LogP contribution in [-0.4, -0.2) is 19.1 Å². The number of hydrogen-bond donors (Lipinski definition) is 1. The van der Waals surface area contributed by atoms with Crippen molar-refractivity contribution in [2.45, 2.75) is 0 Å². The molecule has 0 saturated heterocycles. The topological polar surface area (TPSA) is 60.7 Å². The summed E-state index contributed by atoms with van der Waals surface area (Å²) < 4.78 is 16.6. The van der Waals surface area contributed by atoms with Crippen molar-refractivity contribution in [1.29, 1.82) is 0 Å². The van der Waals surface area contributed by atoms with E-state index in [-0.39, 0.29) is 5.76 Å². The second-order valence-corrected chi connectivity index (χ2v) is 6.39. The van der Waals surface area contributed by atoms with Gasteiger partial charge in [-0.15, -0.1) is 0 Å². The van der Waals surface area contributed by atoms with E-state index in [4.69, 9.17) is 37.1 Å². The SMILES string of the molecule is O=C(Nc1cc2c(cc1Cl)OCCO2)c1ccc(-c2ccccc2Cl)o1. The fourth-order valence-corrected chi connectivity index (χ4v) is 3.04. The van der Waals surface area contributed by atoms with Crippen LogP contribution in [0.4, 0.5) is 5.69 Å². The molecule has 132 valence electrons. The van der Waals surface area contributed by atoms with Crippen molar-refractivity contribution >= 4 is 34.8 Å². The molecule has 0 bridgehead atoms. The highest BCUT2D eigenvalue weighted by Gasteiger charge is 2.19. The molecule has 0 fully saturated rings. The molecule has 0 radical (unpaired) electrons. The molecule has 26 heavy (non-hydrogen) atoms. The van der Waals surface area contributed by atoms with Crippen LogP contribution in [0.3, 0.4) is 0 Å². The molecule has 1 N–H and O–H groups in total. The average molecular weight is 390 g/mol.